The molecular weight excluding hydrogens is 190 g/mol. The molecule has 0 aliphatic heterocycles. The lowest BCUT2D eigenvalue weighted by Crippen LogP contribution is -2.37. The van der Waals surface area contributed by atoms with Crippen molar-refractivity contribution in [3.05, 3.63) is 0 Å². The van der Waals surface area contributed by atoms with Gasteiger partial charge in [-0.1, -0.05) is 6.92 Å². The van der Waals surface area contributed by atoms with Crippen LogP contribution in [0.3, 0.4) is 0 Å². The average Bonchev–Trinajstić information content (AvgIpc) is 2.97. The maximum absolute atomic E-state index is 9.81. The quantitative estimate of drug-likeness (QED) is 0.668. The van der Waals surface area contributed by atoms with Gasteiger partial charge < -0.3 is 9.84 Å². The van der Waals surface area contributed by atoms with Crippen LogP contribution < -0.4 is 0 Å². The van der Waals surface area contributed by atoms with Crippen molar-refractivity contribution in [2.75, 3.05) is 19.7 Å². The fraction of sp³-hybridized carbons (Fsp3) is 1.00. The van der Waals surface area contributed by atoms with Gasteiger partial charge in [0.05, 0.1) is 18.8 Å². The summed E-state index contributed by atoms with van der Waals surface area (Å²) < 4.78 is 5.41. The molecule has 0 bridgehead atoms. The Kier molecular flexibility index (Phi) is 5.58. The molecule has 1 unspecified atom stereocenters. The molecule has 1 saturated carbocycles. The van der Waals surface area contributed by atoms with E-state index in [9.17, 15) is 5.11 Å². The molecule has 0 heterocycles. The minimum atomic E-state index is -0.334. The Balaban J connectivity index is 2.17. The number of aliphatic hydroxyl groups is 1. The molecule has 1 N–H and O–H groups in total. The molecule has 3 heteroatoms. The Hall–Kier alpha value is -0.120. The first kappa shape index (κ1) is 12.9. The molecule has 0 aromatic carbocycles. The van der Waals surface area contributed by atoms with Crippen LogP contribution in [0.5, 0.6) is 0 Å². The van der Waals surface area contributed by atoms with Crippen molar-refractivity contribution >= 4 is 0 Å². The average molecular weight is 215 g/mol. The zero-order chi connectivity index (χ0) is 11.3. The molecule has 1 fully saturated rings. The molecule has 1 atom stereocenters. The smallest absolute Gasteiger partial charge is 0.0900 e. The molecule has 15 heavy (non-hydrogen) atoms. The summed E-state index contributed by atoms with van der Waals surface area (Å²) in [5.74, 6) is 0. The summed E-state index contributed by atoms with van der Waals surface area (Å²) in [7, 11) is 0. The highest BCUT2D eigenvalue weighted by molar-refractivity contribution is 4.85. The van der Waals surface area contributed by atoms with E-state index in [1.165, 1.54) is 12.8 Å². The van der Waals surface area contributed by atoms with Crippen molar-refractivity contribution in [3.63, 3.8) is 0 Å². The van der Waals surface area contributed by atoms with E-state index in [0.717, 1.165) is 25.6 Å². The second kappa shape index (κ2) is 6.46. The second-order valence-electron chi connectivity index (χ2n) is 4.76. The Labute approximate surface area is 93.4 Å². The van der Waals surface area contributed by atoms with Crippen molar-refractivity contribution in [3.8, 4) is 0 Å². The van der Waals surface area contributed by atoms with Crippen LogP contribution in [0.4, 0.5) is 0 Å². The lowest BCUT2D eigenvalue weighted by atomic mass is 10.3. The largest absolute Gasteiger partial charge is 0.389 e. The molecule has 1 aliphatic carbocycles. The predicted molar refractivity (Wildman–Crippen MR) is 62.0 cm³/mol. The summed E-state index contributed by atoms with van der Waals surface area (Å²) in [6.07, 6.45) is 3.64. The lowest BCUT2D eigenvalue weighted by molar-refractivity contribution is -0.00952. The number of aliphatic hydroxyl groups excluding tert-OH is 1. The highest BCUT2D eigenvalue weighted by Gasteiger charge is 2.29. The van der Waals surface area contributed by atoms with Gasteiger partial charge in [-0.05, 0) is 39.7 Å². The van der Waals surface area contributed by atoms with Gasteiger partial charge in [0.15, 0.2) is 0 Å². The molecule has 1 aliphatic rings. The van der Waals surface area contributed by atoms with Gasteiger partial charge in [0, 0.05) is 12.6 Å². The molecule has 0 aromatic rings. The van der Waals surface area contributed by atoms with E-state index < -0.39 is 0 Å². The molecule has 0 saturated heterocycles. The Morgan fingerprint density at radius 3 is 2.53 bits per heavy atom. The number of hydrogen-bond acceptors (Lipinski definition) is 3. The lowest BCUT2D eigenvalue weighted by Gasteiger charge is -2.24. The fourth-order valence-corrected chi connectivity index (χ4v) is 1.78. The van der Waals surface area contributed by atoms with E-state index in [1.54, 1.807) is 0 Å². The van der Waals surface area contributed by atoms with E-state index in [1.807, 2.05) is 13.8 Å². The summed E-state index contributed by atoms with van der Waals surface area (Å²) >= 11 is 0. The van der Waals surface area contributed by atoms with Crippen molar-refractivity contribution in [1.29, 1.82) is 0 Å². The summed E-state index contributed by atoms with van der Waals surface area (Å²) in [6, 6.07) is 0.735. The van der Waals surface area contributed by atoms with E-state index >= 15 is 0 Å². The summed E-state index contributed by atoms with van der Waals surface area (Å²) in [5.41, 5.74) is 0. The van der Waals surface area contributed by atoms with Crippen LogP contribution in [0, 0.1) is 0 Å². The van der Waals surface area contributed by atoms with Crippen molar-refractivity contribution in [1.82, 2.24) is 4.90 Å². The highest BCUT2D eigenvalue weighted by atomic mass is 16.5. The van der Waals surface area contributed by atoms with E-state index in [4.69, 9.17) is 4.74 Å². The molecular formula is C12H25NO2. The summed E-state index contributed by atoms with van der Waals surface area (Å²) in [6.45, 7) is 8.51. The van der Waals surface area contributed by atoms with Gasteiger partial charge in [0.1, 0.15) is 0 Å². The van der Waals surface area contributed by atoms with Crippen LogP contribution in [-0.2, 0) is 4.74 Å². The Bertz CT molecular complexity index is 169. The molecule has 0 aromatic heterocycles. The van der Waals surface area contributed by atoms with E-state index in [0.29, 0.717) is 6.61 Å². The zero-order valence-corrected chi connectivity index (χ0v) is 10.3. The maximum atomic E-state index is 9.81. The van der Waals surface area contributed by atoms with Gasteiger partial charge in [-0.3, -0.25) is 4.90 Å². The van der Waals surface area contributed by atoms with E-state index in [2.05, 4.69) is 11.8 Å². The molecule has 0 amide bonds. The minimum Gasteiger partial charge on any atom is -0.389 e. The fourth-order valence-electron chi connectivity index (χ4n) is 1.78. The molecule has 3 nitrogen and oxygen atoms in total. The maximum Gasteiger partial charge on any atom is 0.0900 e. The first-order valence-corrected chi connectivity index (χ1v) is 6.17. The van der Waals surface area contributed by atoms with Gasteiger partial charge in [-0.2, -0.15) is 0 Å². The second-order valence-corrected chi connectivity index (χ2v) is 4.76. The monoisotopic (exact) mass is 215 g/mol. The van der Waals surface area contributed by atoms with E-state index in [-0.39, 0.29) is 12.2 Å². The number of ether oxygens (including phenoxy) is 1. The first-order chi connectivity index (χ1) is 7.13. The zero-order valence-electron chi connectivity index (χ0n) is 10.3. The number of rotatable bonds is 8. The van der Waals surface area contributed by atoms with Gasteiger partial charge in [-0.25, -0.2) is 0 Å². The summed E-state index contributed by atoms with van der Waals surface area (Å²) in [5, 5.41) is 9.81. The van der Waals surface area contributed by atoms with Crippen molar-refractivity contribution in [2.45, 2.75) is 58.3 Å². The molecule has 0 radical (unpaired) electrons. The van der Waals surface area contributed by atoms with Crippen LogP contribution in [0.2, 0.25) is 0 Å². The molecule has 0 spiro atoms. The number of hydrogen-bond donors (Lipinski definition) is 1. The normalized spacial score (nSPS) is 18.8. The Morgan fingerprint density at radius 2 is 2.07 bits per heavy atom. The summed E-state index contributed by atoms with van der Waals surface area (Å²) in [4.78, 5) is 2.40. The minimum absolute atomic E-state index is 0.209. The van der Waals surface area contributed by atoms with Crippen LogP contribution >= 0.6 is 0 Å². The van der Waals surface area contributed by atoms with Gasteiger partial charge in [0.2, 0.25) is 0 Å². The van der Waals surface area contributed by atoms with Crippen LogP contribution in [-0.4, -0.2) is 48.0 Å². The standard InChI is InChI=1S/C12H25NO2/c1-4-7-13(11-5-6-11)8-12(14)9-15-10(2)3/h10-12,14H,4-9H2,1-3H3. The van der Waals surface area contributed by atoms with Crippen LogP contribution in [0.15, 0.2) is 0 Å². The third kappa shape index (κ3) is 5.50. The predicted octanol–water partition coefficient (Wildman–Crippen LogP) is 1.65. The first-order valence-electron chi connectivity index (χ1n) is 6.17. The van der Waals surface area contributed by atoms with Gasteiger partial charge in [-0.15, -0.1) is 0 Å². The van der Waals surface area contributed by atoms with Crippen LogP contribution in [0.1, 0.15) is 40.0 Å². The SMILES string of the molecule is CCCN(CC(O)COC(C)C)C1CC1. The molecule has 90 valence electrons. The van der Waals surface area contributed by atoms with Crippen LogP contribution in [0.25, 0.3) is 0 Å². The third-order valence-corrected chi connectivity index (χ3v) is 2.64. The molecule has 1 rings (SSSR count). The van der Waals surface area contributed by atoms with Gasteiger partial charge >= 0.3 is 0 Å². The van der Waals surface area contributed by atoms with Crippen molar-refractivity contribution < 1.29 is 9.84 Å². The van der Waals surface area contributed by atoms with Crippen molar-refractivity contribution in [2.24, 2.45) is 0 Å². The number of nitrogens with zero attached hydrogens (tertiary/aromatic N) is 1. The third-order valence-electron chi connectivity index (χ3n) is 2.64. The van der Waals surface area contributed by atoms with Gasteiger partial charge in [0.25, 0.3) is 0 Å². The Morgan fingerprint density at radius 1 is 1.40 bits per heavy atom. The highest BCUT2D eigenvalue weighted by Crippen LogP contribution is 2.26. The topological polar surface area (TPSA) is 32.7 Å².